The van der Waals surface area contributed by atoms with Gasteiger partial charge in [0.05, 0.1) is 21.2 Å². The molecule has 9 heteroatoms. The molecule has 0 aliphatic rings. The highest BCUT2D eigenvalue weighted by Crippen LogP contribution is 2.26. The summed E-state index contributed by atoms with van der Waals surface area (Å²) in [5.41, 5.74) is 5.50. The number of halogens is 2. The highest BCUT2D eigenvalue weighted by atomic mass is 79.9. The smallest absolute Gasteiger partial charge is 0.271 e. The quantitative estimate of drug-likeness (QED) is 0.467. The molecule has 0 radical (unpaired) electrons. The van der Waals surface area contributed by atoms with E-state index >= 15 is 0 Å². The molecule has 0 atom stereocenters. The van der Waals surface area contributed by atoms with Crippen molar-refractivity contribution in [3.8, 4) is 5.75 Å². The molecule has 0 unspecified atom stereocenters. The van der Waals surface area contributed by atoms with E-state index in [1.165, 1.54) is 0 Å². The van der Waals surface area contributed by atoms with E-state index in [0.717, 1.165) is 0 Å². The molecule has 0 fully saturated rings. The van der Waals surface area contributed by atoms with Crippen LogP contribution in [-0.4, -0.2) is 23.0 Å². The largest absolute Gasteiger partial charge is 0.490 e. The fraction of sp³-hybridized carbons (Fsp3) is 0.167. The van der Waals surface area contributed by atoms with Crippen molar-refractivity contribution in [3.05, 3.63) is 63.1 Å². The maximum Gasteiger partial charge on any atom is 0.271 e. The molecule has 0 heterocycles. The maximum absolute atomic E-state index is 12.3. The van der Waals surface area contributed by atoms with Crippen molar-refractivity contribution < 1.29 is 14.3 Å². The summed E-state index contributed by atoms with van der Waals surface area (Å²) in [5, 5.41) is 2.73. The molecule has 0 aliphatic heterocycles. The maximum atomic E-state index is 12.3. The van der Waals surface area contributed by atoms with Crippen molar-refractivity contribution in [2.24, 2.45) is 0 Å². The fourth-order valence-electron chi connectivity index (χ4n) is 2.02. The zero-order valence-corrected chi connectivity index (χ0v) is 17.7. The Balaban J connectivity index is 1.92. The van der Waals surface area contributed by atoms with E-state index in [9.17, 15) is 9.59 Å². The first kappa shape index (κ1) is 21.1. The topological polar surface area (TPSA) is 79.5 Å². The monoisotopic (exact) mass is 469 g/mol. The van der Waals surface area contributed by atoms with Crippen LogP contribution < -0.4 is 20.9 Å². The molecule has 0 spiro atoms. The van der Waals surface area contributed by atoms with Gasteiger partial charge in [0.25, 0.3) is 11.8 Å². The number of nitrogens with one attached hydrogen (secondary N) is 3. The van der Waals surface area contributed by atoms with Gasteiger partial charge in [0.2, 0.25) is 0 Å². The number of carbonyl (C=O) groups is 2. The first-order chi connectivity index (χ1) is 12.8. The van der Waals surface area contributed by atoms with Crippen molar-refractivity contribution in [3.63, 3.8) is 0 Å². The van der Waals surface area contributed by atoms with Crippen LogP contribution in [0.2, 0.25) is 5.02 Å². The second kappa shape index (κ2) is 9.68. The molecule has 0 saturated carbocycles. The number of amides is 2. The minimum Gasteiger partial charge on any atom is -0.490 e. The summed E-state index contributed by atoms with van der Waals surface area (Å²) in [4.78, 5) is 24.3. The Morgan fingerprint density at radius 1 is 1.11 bits per heavy atom. The van der Waals surface area contributed by atoms with Crippen molar-refractivity contribution in [2.75, 3.05) is 0 Å². The zero-order valence-electron chi connectivity index (χ0n) is 14.5. The Morgan fingerprint density at radius 3 is 2.44 bits per heavy atom. The van der Waals surface area contributed by atoms with E-state index in [1.54, 1.807) is 42.5 Å². The Morgan fingerprint density at radius 2 is 1.81 bits per heavy atom. The van der Waals surface area contributed by atoms with Crippen LogP contribution in [0.5, 0.6) is 5.75 Å². The lowest BCUT2D eigenvalue weighted by Gasteiger charge is -2.13. The standard InChI is InChI=1S/C18H17BrClN3O3S/c1-10(2)26-15-8-7-11(9-13(15)19)16(24)21-18(27)23-22-17(25)12-5-3-4-6-14(12)20/h3-10H,1-2H3,(H,22,25)(H2,21,23,24,27). The summed E-state index contributed by atoms with van der Waals surface area (Å²) in [7, 11) is 0. The van der Waals surface area contributed by atoms with Crippen LogP contribution in [0.15, 0.2) is 46.9 Å². The molecular weight excluding hydrogens is 454 g/mol. The molecule has 27 heavy (non-hydrogen) atoms. The van der Waals surface area contributed by atoms with Gasteiger partial charge >= 0.3 is 0 Å². The van der Waals surface area contributed by atoms with Crippen LogP contribution >= 0.6 is 39.7 Å². The number of carbonyl (C=O) groups excluding carboxylic acids is 2. The average molecular weight is 471 g/mol. The predicted molar refractivity (Wildman–Crippen MR) is 112 cm³/mol. The summed E-state index contributed by atoms with van der Waals surface area (Å²) in [6, 6.07) is 11.5. The number of hydrazine groups is 1. The summed E-state index contributed by atoms with van der Waals surface area (Å²) in [6.07, 6.45) is 0.0134. The van der Waals surface area contributed by atoms with Crippen LogP contribution in [0.3, 0.4) is 0 Å². The summed E-state index contributed by atoms with van der Waals surface area (Å²) < 4.78 is 6.25. The predicted octanol–water partition coefficient (Wildman–Crippen LogP) is 3.84. The first-order valence-electron chi connectivity index (χ1n) is 7.90. The number of thiocarbonyl (C=S) groups is 1. The highest BCUT2D eigenvalue weighted by Gasteiger charge is 2.13. The minimum atomic E-state index is -0.477. The first-order valence-corrected chi connectivity index (χ1v) is 9.48. The number of ether oxygens (including phenoxy) is 1. The Hall–Kier alpha value is -2.16. The summed E-state index contributed by atoms with van der Waals surface area (Å²) in [6.45, 7) is 3.82. The van der Waals surface area contributed by atoms with Gasteiger partial charge in [-0.3, -0.25) is 25.8 Å². The summed E-state index contributed by atoms with van der Waals surface area (Å²) in [5.74, 6) is -0.277. The number of rotatable bonds is 4. The van der Waals surface area contributed by atoms with Crippen molar-refractivity contribution >= 4 is 56.7 Å². The molecule has 0 saturated heterocycles. The van der Waals surface area contributed by atoms with Crippen molar-refractivity contribution in [1.29, 1.82) is 0 Å². The lowest BCUT2D eigenvalue weighted by molar-refractivity contribution is 0.0934. The van der Waals surface area contributed by atoms with Crippen LogP contribution in [0.25, 0.3) is 0 Å². The van der Waals surface area contributed by atoms with Gasteiger partial charge in [-0.25, -0.2) is 0 Å². The van der Waals surface area contributed by atoms with Gasteiger partial charge in [0.15, 0.2) is 5.11 Å². The van der Waals surface area contributed by atoms with E-state index in [4.69, 9.17) is 28.6 Å². The number of benzene rings is 2. The van der Waals surface area contributed by atoms with Crippen LogP contribution in [0.4, 0.5) is 0 Å². The van der Waals surface area contributed by atoms with Crippen LogP contribution in [0.1, 0.15) is 34.6 Å². The van der Waals surface area contributed by atoms with E-state index < -0.39 is 11.8 Å². The Labute approximate surface area is 175 Å². The third-order valence-corrected chi connectivity index (χ3v) is 4.35. The van der Waals surface area contributed by atoms with Gasteiger partial charge in [-0.1, -0.05) is 23.7 Å². The van der Waals surface area contributed by atoms with Crippen LogP contribution in [-0.2, 0) is 0 Å². The molecule has 0 bridgehead atoms. The second-order valence-corrected chi connectivity index (χ2v) is 7.32. The number of hydrogen-bond acceptors (Lipinski definition) is 4. The molecule has 2 rings (SSSR count). The minimum absolute atomic E-state index is 0.0134. The molecule has 0 aliphatic carbocycles. The molecule has 2 aromatic rings. The van der Waals surface area contributed by atoms with E-state index in [-0.39, 0.29) is 16.8 Å². The SMILES string of the molecule is CC(C)Oc1ccc(C(=O)NC(=S)NNC(=O)c2ccccc2Cl)cc1Br. The molecule has 3 N–H and O–H groups in total. The van der Waals surface area contributed by atoms with Gasteiger partial charge in [-0.05, 0) is 72.3 Å². The molecule has 6 nitrogen and oxygen atoms in total. The average Bonchev–Trinajstić information content (AvgIpc) is 2.61. The van der Waals surface area contributed by atoms with Crippen molar-refractivity contribution in [2.45, 2.75) is 20.0 Å². The third kappa shape index (κ3) is 6.20. The lowest BCUT2D eigenvalue weighted by atomic mass is 10.2. The van der Waals surface area contributed by atoms with Crippen molar-refractivity contribution in [1.82, 2.24) is 16.2 Å². The number of hydrogen-bond donors (Lipinski definition) is 3. The van der Waals surface area contributed by atoms with Gasteiger partial charge in [-0.15, -0.1) is 0 Å². The van der Waals surface area contributed by atoms with Gasteiger partial charge in [0.1, 0.15) is 5.75 Å². The normalized spacial score (nSPS) is 10.3. The highest BCUT2D eigenvalue weighted by molar-refractivity contribution is 9.10. The Kier molecular flexibility index (Phi) is 7.58. The fourth-order valence-corrected chi connectivity index (χ4v) is 2.86. The second-order valence-electron chi connectivity index (χ2n) is 5.65. The van der Waals surface area contributed by atoms with Crippen LogP contribution in [0, 0.1) is 0 Å². The lowest BCUT2D eigenvalue weighted by Crippen LogP contribution is -2.48. The van der Waals surface area contributed by atoms with E-state index in [0.29, 0.717) is 20.8 Å². The molecular formula is C18H17BrClN3O3S. The van der Waals surface area contributed by atoms with E-state index in [2.05, 4.69) is 32.1 Å². The Bertz CT molecular complexity index is 877. The molecule has 0 aromatic heterocycles. The third-order valence-electron chi connectivity index (χ3n) is 3.19. The van der Waals surface area contributed by atoms with Gasteiger partial charge < -0.3 is 4.74 Å². The summed E-state index contributed by atoms with van der Waals surface area (Å²) >= 11 is 14.3. The van der Waals surface area contributed by atoms with Gasteiger partial charge in [-0.2, -0.15) is 0 Å². The van der Waals surface area contributed by atoms with Gasteiger partial charge in [0, 0.05) is 5.56 Å². The zero-order chi connectivity index (χ0) is 20.0. The molecule has 2 aromatic carbocycles. The molecule has 2 amide bonds. The molecule has 142 valence electrons. The van der Waals surface area contributed by atoms with E-state index in [1.807, 2.05) is 13.8 Å².